The molecule has 7 heteroatoms. The quantitative estimate of drug-likeness (QED) is 0.756. The number of hydrogen-bond acceptors (Lipinski definition) is 6. The highest BCUT2D eigenvalue weighted by atomic mass is 16.5. The Morgan fingerprint density at radius 1 is 1.15 bits per heavy atom. The van der Waals surface area contributed by atoms with Crippen LogP contribution in [0.15, 0.2) is 30.5 Å². The standard InChI is InChI=1S/C13H13N5O2/c1-14-13-16-11-8(7-15-18-11)12(17-13)20-10-6-4-3-5-9(10)19-2/h3-7H,1-2H3,(H2,14,15,16,17,18). The van der Waals surface area contributed by atoms with E-state index in [-0.39, 0.29) is 0 Å². The lowest BCUT2D eigenvalue weighted by Gasteiger charge is -2.10. The molecule has 2 heterocycles. The van der Waals surface area contributed by atoms with Gasteiger partial charge in [0.2, 0.25) is 11.8 Å². The third-order valence-electron chi connectivity index (χ3n) is 2.77. The van der Waals surface area contributed by atoms with Gasteiger partial charge in [-0.25, -0.2) is 0 Å². The molecule has 3 aromatic rings. The lowest BCUT2D eigenvalue weighted by atomic mass is 10.3. The minimum atomic E-state index is 0.414. The number of H-pyrrole nitrogens is 1. The highest BCUT2D eigenvalue weighted by molar-refractivity contribution is 5.81. The van der Waals surface area contributed by atoms with Crippen LogP contribution in [0.25, 0.3) is 11.0 Å². The normalized spacial score (nSPS) is 10.5. The second-order valence-corrected chi connectivity index (χ2v) is 3.99. The Bertz CT molecular complexity index is 740. The van der Waals surface area contributed by atoms with Crippen molar-refractivity contribution in [2.24, 2.45) is 0 Å². The van der Waals surface area contributed by atoms with Gasteiger partial charge in [-0.2, -0.15) is 15.1 Å². The van der Waals surface area contributed by atoms with Crippen molar-refractivity contribution in [1.29, 1.82) is 0 Å². The number of nitrogens with one attached hydrogen (secondary N) is 2. The summed E-state index contributed by atoms with van der Waals surface area (Å²) in [6, 6.07) is 7.37. The minimum absolute atomic E-state index is 0.414. The van der Waals surface area contributed by atoms with Gasteiger partial charge in [-0.05, 0) is 12.1 Å². The van der Waals surface area contributed by atoms with E-state index in [0.717, 1.165) is 0 Å². The van der Waals surface area contributed by atoms with E-state index in [1.54, 1.807) is 20.4 Å². The van der Waals surface area contributed by atoms with Gasteiger partial charge >= 0.3 is 0 Å². The van der Waals surface area contributed by atoms with Gasteiger partial charge in [-0.1, -0.05) is 12.1 Å². The molecule has 0 atom stereocenters. The maximum atomic E-state index is 5.84. The molecule has 2 N–H and O–H groups in total. The van der Waals surface area contributed by atoms with Gasteiger partial charge in [0, 0.05) is 7.05 Å². The summed E-state index contributed by atoms with van der Waals surface area (Å²) >= 11 is 0. The van der Waals surface area contributed by atoms with E-state index in [1.165, 1.54) is 0 Å². The van der Waals surface area contributed by atoms with E-state index in [2.05, 4.69) is 25.5 Å². The monoisotopic (exact) mass is 271 g/mol. The molecule has 0 radical (unpaired) electrons. The van der Waals surface area contributed by atoms with E-state index in [0.29, 0.717) is 34.4 Å². The predicted molar refractivity (Wildman–Crippen MR) is 74.3 cm³/mol. The lowest BCUT2D eigenvalue weighted by Crippen LogP contribution is -1.99. The van der Waals surface area contributed by atoms with Crippen LogP contribution in [0, 0.1) is 0 Å². The SMILES string of the molecule is CNc1nc(Oc2ccccc2OC)c2cn[nH]c2n1. The molecule has 0 saturated carbocycles. The first-order chi connectivity index (χ1) is 9.81. The molecular weight excluding hydrogens is 258 g/mol. The van der Waals surface area contributed by atoms with Crippen molar-refractivity contribution < 1.29 is 9.47 Å². The number of fused-ring (bicyclic) bond motifs is 1. The fourth-order valence-corrected chi connectivity index (χ4v) is 1.81. The van der Waals surface area contributed by atoms with Crippen LogP contribution in [-0.4, -0.2) is 34.3 Å². The Morgan fingerprint density at radius 3 is 2.70 bits per heavy atom. The molecule has 0 fully saturated rings. The largest absolute Gasteiger partial charge is 0.493 e. The van der Waals surface area contributed by atoms with Gasteiger partial charge in [0.1, 0.15) is 5.39 Å². The van der Waals surface area contributed by atoms with Gasteiger partial charge in [-0.15, -0.1) is 0 Å². The molecule has 7 nitrogen and oxygen atoms in total. The summed E-state index contributed by atoms with van der Waals surface area (Å²) < 4.78 is 11.1. The van der Waals surface area contributed by atoms with Crippen LogP contribution in [0.1, 0.15) is 0 Å². The Hall–Kier alpha value is -2.83. The van der Waals surface area contributed by atoms with Crippen LogP contribution in [-0.2, 0) is 0 Å². The molecule has 1 aromatic carbocycles. The second-order valence-electron chi connectivity index (χ2n) is 3.99. The van der Waals surface area contributed by atoms with Crippen molar-refractivity contribution >= 4 is 17.0 Å². The number of aromatic nitrogens is 4. The first kappa shape index (κ1) is 12.2. The maximum absolute atomic E-state index is 5.84. The molecule has 102 valence electrons. The van der Waals surface area contributed by atoms with Crippen LogP contribution in [0.5, 0.6) is 17.4 Å². The van der Waals surface area contributed by atoms with E-state index in [9.17, 15) is 0 Å². The highest BCUT2D eigenvalue weighted by Crippen LogP contribution is 2.33. The summed E-state index contributed by atoms with van der Waals surface area (Å²) in [5.41, 5.74) is 0.606. The number of nitrogens with zero attached hydrogens (tertiary/aromatic N) is 3. The van der Waals surface area contributed by atoms with E-state index < -0.39 is 0 Å². The number of anilines is 1. The average Bonchev–Trinajstić information content (AvgIpc) is 2.96. The van der Waals surface area contributed by atoms with Crippen LogP contribution in [0.2, 0.25) is 0 Å². The molecular formula is C13H13N5O2. The Morgan fingerprint density at radius 2 is 1.95 bits per heavy atom. The molecule has 0 aliphatic carbocycles. The number of para-hydroxylation sites is 2. The summed E-state index contributed by atoms with van der Waals surface area (Å²) in [4.78, 5) is 8.55. The smallest absolute Gasteiger partial charge is 0.235 e. The topological polar surface area (TPSA) is 85.0 Å². The first-order valence-corrected chi connectivity index (χ1v) is 6.01. The van der Waals surface area contributed by atoms with Crippen molar-refractivity contribution in [2.75, 3.05) is 19.5 Å². The summed E-state index contributed by atoms with van der Waals surface area (Å²) in [5.74, 6) is 2.08. The maximum Gasteiger partial charge on any atom is 0.235 e. The van der Waals surface area contributed by atoms with Crippen LogP contribution < -0.4 is 14.8 Å². The molecule has 2 aromatic heterocycles. The minimum Gasteiger partial charge on any atom is -0.493 e. The number of benzene rings is 1. The Balaban J connectivity index is 2.07. The molecule has 0 unspecified atom stereocenters. The summed E-state index contributed by atoms with van der Waals surface area (Å²) in [7, 11) is 3.33. The van der Waals surface area contributed by atoms with Crippen molar-refractivity contribution in [3.8, 4) is 17.4 Å². The summed E-state index contributed by atoms with van der Waals surface area (Å²) in [5, 5.41) is 10.3. The number of rotatable bonds is 4. The van der Waals surface area contributed by atoms with Crippen molar-refractivity contribution in [3.05, 3.63) is 30.5 Å². The molecule has 3 rings (SSSR count). The zero-order chi connectivity index (χ0) is 13.9. The number of hydrogen-bond donors (Lipinski definition) is 2. The predicted octanol–water partition coefficient (Wildman–Crippen LogP) is 2.20. The van der Waals surface area contributed by atoms with E-state index in [1.807, 2.05) is 24.3 Å². The number of methoxy groups -OCH3 is 1. The van der Waals surface area contributed by atoms with Crippen LogP contribution in [0.3, 0.4) is 0 Å². The van der Waals surface area contributed by atoms with Gasteiger partial charge in [0.25, 0.3) is 0 Å². The van der Waals surface area contributed by atoms with Gasteiger partial charge in [-0.3, -0.25) is 5.10 Å². The van der Waals surface area contributed by atoms with Crippen molar-refractivity contribution in [1.82, 2.24) is 20.2 Å². The average molecular weight is 271 g/mol. The zero-order valence-corrected chi connectivity index (χ0v) is 11.0. The lowest BCUT2D eigenvalue weighted by molar-refractivity contribution is 0.376. The van der Waals surface area contributed by atoms with E-state index in [4.69, 9.17) is 9.47 Å². The third kappa shape index (κ3) is 2.09. The molecule has 20 heavy (non-hydrogen) atoms. The first-order valence-electron chi connectivity index (χ1n) is 6.01. The fourth-order valence-electron chi connectivity index (χ4n) is 1.81. The number of aromatic amines is 1. The third-order valence-corrected chi connectivity index (χ3v) is 2.77. The molecule has 0 amide bonds. The second kappa shape index (κ2) is 5.04. The van der Waals surface area contributed by atoms with Crippen LogP contribution in [0.4, 0.5) is 5.95 Å². The fraction of sp³-hybridized carbons (Fsp3) is 0.154. The zero-order valence-electron chi connectivity index (χ0n) is 11.0. The molecule has 0 aliphatic rings. The molecule has 0 spiro atoms. The van der Waals surface area contributed by atoms with Crippen molar-refractivity contribution in [2.45, 2.75) is 0 Å². The molecule has 0 bridgehead atoms. The van der Waals surface area contributed by atoms with Gasteiger partial charge < -0.3 is 14.8 Å². The highest BCUT2D eigenvalue weighted by Gasteiger charge is 2.13. The summed E-state index contributed by atoms with van der Waals surface area (Å²) in [6.45, 7) is 0. The molecule has 0 saturated heterocycles. The summed E-state index contributed by atoms with van der Waals surface area (Å²) in [6.07, 6.45) is 1.62. The van der Waals surface area contributed by atoms with Gasteiger partial charge in [0.05, 0.1) is 13.3 Å². The van der Waals surface area contributed by atoms with Crippen LogP contribution >= 0.6 is 0 Å². The van der Waals surface area contributed by atoms with Gasteiger partial charge in [0.15, 0.2) is 17.1 Å². The van der Waals surface area contributed by atoms with E-state index >= 15 is 0 Å². The Labute approximate surface area is 115 Å². The number of ether oxygens (including phenoxy) is 2. The van der Waals surface area contributed by atoms with Crippen molar-refractivity contribution in [3.63, 3.8) is 0 Å². The molecule has 0 aliphatic heterocycles. The Kier molecular flexibility index (Phi) is 3.08.